The van der Waals surface area contributed by atoms with Gasteiger partial charge in [-0.05, 0) is 42.5 Å². The van der Waals surface area contributed by atoms with Crippen molar-refractivity contribution < 1.29 is 13.9 Å². The Bertz CT molecular complexity index is 1080. The number of benzene rings is 1. The first-order valence-corrected chi connectivity index (χ1v) is 9.06. The van der Waals surface area contributed by atoms with Crippen LogP contribution < -0.4 is 10.1 Å². The number of carbonyl (C=O) groups excluding carboxylic acids is 1. The van der Waals surface area contributed by atoms with Gasteiger partial charge < -0.3 is 14.5 Å². The van der Waals surface area contributed by atoms with Crippen molar-refractivity contribution in [3.63, 3.8) is 0 Å². The summed E-state index contributed by atoms with van der Waals surface area (Å²) in [4.78, 5) is 20.5. The van der Waals surface area contributed by atoms with Gasteiger partial charge in [-0.2, -0.15) is 5.10 Å². The largest absolute Gasteiger partial charge is 0.486 e. The Morgan fingerprint density at radius 2 is 2.14 bits per heavy atom. The van der Waals surface area contributed by atoms with Crippen molar-refractivity contribution in [2.45, 2.75) is 6.61 Å². The third-order valence-corrected chi connectivity index (χ3v) is 4.22. The van der Waals surface area contributed by atoms with Gasteiger partial charge >= 0.3 is 0 Å². The monoisotopic (exact) mass is 439 g/mol. The van der Waals surface area contributed by atoms with Gasteiger partial charge in [0.2, 0.25) is 0 Å². The number of ether oxygens (including phenoxy) is 1. The predicted octanol–water partition coefficient (Wildman–Crippen LogP) is 3.85. The van der Waals surface area contributed by atoms with Crippen molar-refractivity contribution in [3.8, 4) is 11.6 Å². The molecule has 0 aliphatic rings. The van der Waals surface area contributed by atoms with E-state index in [0.29, 0.717) is 23.0 Å². The maximum absolute atomic E-state index is 12.4. The third-order valence-electron chi connectivity index (χ3n) is 3.72. The van der Waals surface area contributed by atoms with Crippen LogP contribution in [0.15, 0.2) is 76.3 Å². The van der Waals surface area contributed by atoms with Crippen LogP contribution in [0.1, 0.15) is 16.3 Å². The minimum atomic E-state index is -0.371. The molecule has 0 saturated heterocycles. The smallest absolute Gasteiger partial charge is 0.291 e. The van der Waals surface area contributed by atoms with Gasteiger partial charge in [-0.1, -0.05) is 22.0 Å². The lowest BCUT2D eigenvalue weighted by atomic mass is 10.3. The highest BCUT2D eigenvalue weighted by Crippen LogP contribution is 2.20. The van der Waals surface area contributed by atoms with Gasteiger partial charge in [0.05, 0.1) is 11.9 Å². The summed E-state index contributed by atoms with van der Waals surface area (Å²) in [6.45, 7) is 0.220. The van der Waals surface area contributed by atoms with Crippen molar-refractivity contribution in [1.82, 2.24) is 19.7 Å². The molecule has 4 aromatic rings. The number of nitrogens with zero attached hydrogens (tertiary/aromatic N) is 4. The minimum Gasteiger partial charge on any atom is -0.486 e. The number of halogens is 1. The van der Waals surface area contributed by atoms with Crippen molar-refractivity contribution in [3.05, 3.63) is 83.4 Å². The standard InChI is InChI=1S/C19H14BrN5O3/c20-13-2-1-3-15(8-13)27-10-16-5-6-17(28-16)19(26)24-14-4-7-18(22-9-14)25-12-21-11-23-25/h1-9,11-12H,10H2,(H,24,26). The molecule has 1 amide bonds. The summed E-state index contributed by atoms with van der Waals surface area (Å²) < 4.78 is 13.7. The zero-order valence-electron chi connectivity index (χ0n) is 14.4. The number of hydrogen-bond acceptors (Lipinski definition) is 6. The van der Waals surface area contributed by atoms with Crippen molar-refractivity contribution >= 4 is 27.5 Å². The maximum atomic E-state index is 12.4. The number of pyridine rings is 1. The molecule has 0 unspecified atom stereocenters. The van der Waals surface area contributed by atoms with Crippen molar-refractivity contribution in [1.29, 1.82) is 0 Å². The van der Waals surface area contributed by atoms with E-state index < -0.39 is 0 Å². The van der Waals surface area contributed by atoms with Gasteiger partial charge in [0.1, 0.15) is 30.8 Å². The lowest BCUT2D eigenvalue weighted by Gasteiger charge is -2.05. The second kappa shape index (κ2) is 8.05. The Morgan fingerprint density at radius 1 is 1.21 bits per heavy atom. The molecular formula is C19H14BrN5O3. The molecule has 1 aromatic carbocycles. The van der Waals surface area contributed by atoms with E-state index >= 15 is 0 Å². The van der Waals surface area contributed by atoms with Crippen LogP contribution in [-0.2, 0) is 6.61 Å². The Labute approximate surface area is 168 Å². The molecule has 3 aromatic heterocycles. The fourth-order valence-electron chi connectivity index (χ4n) is 2.40. The molecule has 0 aliphatic heterocycles. The molecule has 1 N–H and O–H groups in total. The van der Waals surface area contributed by atoms with Gasteiger partial charge in [0, 0.05) is 4.47 Å². The molecule has 0 radical (unpaired) electrons. The maximum Gasteiger partial charge on any atom is 0.291 e. The van der Waals surface area contributed by atoms with Crippen LogP contribution in [0.4, 0.5) is 5.69 Å². The normalized spacial score (nSPS) is 10.6. The first kappa shape index (κ1) is 17.9. The SMILES string of the molecule is O=C(Nc1ccc(-n2cncn2)nc1)c1ccc(COc2cccc(Br)c2)o1. The van der Waals surface area contributed by atoms with Gasteiger partial charge in [0.15, 0.2) is 11.6 Å². The molecule has 0 fully saturated rings. The van der Waals surface area contributed by atoms with Crippen LogP contribution in [0.2, 0.25) is 0 Å². The highest BCUT2D eigenvalue weighted by molar-refractivity contribution is 9.10. The highest BCUT2D eigenvalue weighted by Gasteiger charge is 2.12. The van der Waals surface area contributed by atoms with E-state index in [1.165, 1.54) is 17.2 Å². The average molecular weight is 440 g/mol. The molecule has 4 rings (SSSR count). The fourth-order valence-corrected chi connectivity index (χ4v) is 2.78. The molecule has 0 saturated carbocycles. The van der Waals surface area contributed by atoms with Crippen molar-refractivity contribution in [2.24, 2.45) is 0 Å². The number of carbonyl (C=O) groups is 1. The third kappa shape index (κ3) is 4.26. The number of nitrogens with one attached hydrogen (secondary N) is 1. The fraction of sp³-hybridized carbons (Fsp3) is 0.0526. The summed E-state index contributed by atoms with van der Waals surface area (Å²) >= 11 is 3.39. The topological polar surface area (TPSA) is 95.1 Å². The molecule has 3 heterocycles. The second-order valence-corrected chi connectivity index (χ2v) is 6.63. The van der Waals surface area contributed by atoms with E-state index in [1.807, 2.05) is 24.3 Å². The molecule has 0 atom stereocenters. The van der Waals surface area contributed by atoms with E-state index in [0.717, 1.165) is 4.47 Å². The molecule has 8 nitrogen and oxygen atoms in total. The van der Waals surface area contributed by atoms with Crippen LogP contribution in [0.25, 0.3) is 5.82 Å². The molecule has 9 heteroatoms. The van der Waals surface area contributed by atoms with Crippen LogP contribution >= 0.6 is 15.9 Å². The number of hydrogen-bond donors (Lipinski definition) is 1. The zero-order valence-corrected chi connectivity index (χ0v) is 16.0. The Kier molecular flexibility index (Phi) is 5.16. The summed E-state index contributed by atoms with van der Waals surface area (Å²) in [6.07, 6.45) is 4.50. The quantitative estimate of drug-likeness (QED) is 0.490. The van der Waals surface area contributed by atoms with Gasteiger partial charge in [-0.15, -0.1) is 0 Å². The van der Waals surface area contributed by atoms with E-state index in [1.54, 1.807) is 30.6 Å². The summed E-state index contributed by atoms with van der Waals surface area (Å²) in [7, 11) is 0. The molecule has 0 bridgehead atoms. The highest BCUT2D eigenvalue weighted by atomic mass is 79.9. The van der Waals surface area contributed by atoms with E-state index in [4.69, 9.17) is 9.15 Å². The lowest BCUT2D eigenvalue weighted by Crippen LogP contribution is -2.11. The molecular weight excluding hydrogens is 426 g/mol. The summed E-state index contributed by atoms with van der Waals surface area (Å²) in [5, 5.41) is 6.74. The van der Waals surface area contributed by atoms with Gasteiger partial charge in [-0.25, -0.2) is 14.6 Å². The molecule has 0 spiro atoms. The second-order valence-electron chi connectivity index (χ2n) is 5.71. The molecule has 28 heavy (non-hydrogen) atoms. The summed E-state index contributed by atoms with van der Waals surface area (Å²) in [5.74, 6) is 1.66. The molecule has 140 valence electrons. The first-order valence-electron chi connectivity index (χ1n) is 8.27. The number of rotatable bonds is 6. The Morgan fingerprint density at radius 3 is 2.89 bits per heavy atom. The number of furan rings is 1. The average Bonchev–Trinajstić information content (AvgIpc) is 3.39. The van der Waals surface area contributed by atoms with Gasteiger partial charge in [0.25, 0.3) is 5.91 Å². The number of anilines is 1. The summed E-state index contributed by atoms with van der Waals surface area (Å²) in [6, 6.07) is 14.2. The number of amides is 1. The first-order chi connectivity index (χ1) is 13.7. The minimum absolute atomic E-state index is 0.188. The number of aromatic nitrogens is 4. The van der Waals surface area contributed by atoms with E-state index in [2.05, 4.69) is 36.3 Å². The lowest BCUT2D eigenvalue weighted by molar-refractivity contribution is 0.0992. The Balaban J connectivity index is 1.36. The predicted molar refractivity (Wildman–Crippen MR) is 104 cm³/mol. The zero-order chi connectivity index (χ0) is 19.3. The Hall–Kier alpha value is -3.46. The van der Waals surface area contributed by atoms with Crippen LogP contribution in [0, 0.1) is 0 Å². The van der Waals surface area contributed by atoms with Crippen LogP contribution in [0.5, 0.6) is 5.75 Å². The van der Waals surface area contributed by atoms with E-state index in [9.17, 15) is 4.79 Å². The van der Waals surface area contributed by atoms with Gasteiger partial charge in [-0.3, -0.25) is 4.79 Å². The van der Waals surface area contributed by atoms with Crippen LogP contribution in [-0.4, -0.2) is 25.7 Å². The summed E-state index contributed by atoms with van der Waals surface area (Å²) in [5.41, 5.74) is 0.539. The molecule has 0 aliphatic carbocycles. The van der Waals surface area contributed by atoms with E-state index in [-0.39, 0.29) is 18.3 Å². The van der Waals surface area contributed by atoms with Crippen molar-refractivity contribution in [2.75, 3.05) is 5.32 Å². The van der Waals surface area contributed by atoms with Crippen LogP contribution in [0.3, 0.4) is 0 Å².